The van der Waals surface area contributed by atoms with E-state index in [1.807, 2.05) is 0 Å². The number of carboxylic acids is 1. The lowest BCUT2D eigenvalue weighted by molar-refractivity contribution is -0.153. The molecule has 0 amide bonds. The lowest BCUT2D eigenvalue weighted by Gasteiger charge is -2.62. The van der Waals surface area contributed by atoms with E-state index < -0.39 is 5.97 Å². The van der Waals surface area contributed by atoms with Crippen LogP contribution in [0.1, 0.15) is 132 Å². The van der Waals surface area contributed by atoms with E-state index in [0.29, 0.717) is 22.7 Å². The molecule has 0 aromatic rings. The van der Waals surface area contributed by atoms with Gasteiger partial charge in [0, 0.05) is 5.41 Å². The van der Waals surface area contributed by atoms with Crippen LogP contribution in [0, 0.1) is 56.7 Å². The van der Waals surface area contributed by atoms with Crippen LogP contribution in [0.2, 0.25) is 0 Å². The molecule has 5 aliphatic rings. The van der Waals surface area contributed by atoms with E-state index in [4.69, 9.17) is 9.84 Å². The van der Waals surface area contributed by atoms with Crippen molar-refractivity contribution in [3.63, 3.8) is 0 Å². The SMILES string of the molecule is CC(C)CCC[C@@H](C)[C@H]1CC[C@@]2(C)[C@@H]3CC[C@H]4C(C)(C)CC=C(OC(=O)CCC(=O)O)[C@@]45C[C@@]35CC[C@]12C. The molecule has 5 aliphatic carbocycles. The minimum absolute atomic E-state index is 0.0259. The van der Waals surface area contributed by atoms with Gasteiger partial charge in [-0.15, -0.1) is 0 Å². The minimum Gasteiger partial charge on any atom is -0.481 e. The maximum absolute atomic E-state index is 12.8. The van der Waals surface area contributed by atoms with Crippen molar-refractivity contribution < 1.29 is 19.4 Å². The van der Waals surface area contributed by atoms with Crippen LogP contribution in [0.4, 0.5) is 0 Å². The standard InChI is InChI=1S/C34H54O4/c1-22(2)9-8-10-23(3)24-15-18-32(7)26-12-11-25-30(4,5)17-16-27(38-29(37)14-13-28(35)36)34(25)21-33(26,34)20-19-31(24,32)6/h16,22-26H,8-15,17-21H2,1-7H3,(H,35,36)/t23-,24-,25+,26+,31-,32+,33+,34-/m1/s1. The van der Waals surface area contributed by atoms with E-state index >= 15 is 0 Å². The predicted octanol–water partition coefficient (Wildman–Crippen LogP) is 8.79. The molecule has 4 saturated carbocycles. The number of fused-ring (bicyclic) bond motifs is 2. The summed E-state index contributed by atoms with van der Waals surface area (Å²) in [5.74, 6) is 3.25. The van der Waals surface area contributed by atoms with Crippen molar-refractivity contribution in [3.05, 3.63) is 11.8 Å². The van der Waals surface area contributed by atoms with Crippen molar-refractivity contribution in [1.82, 2.24) is 0 Å². The number of rotatable bonds is 9. The summed E-state index contributed by atoms with van der Waals surface area (Å²) in [4.78, 5) is 23.9. The zero-order valence-corrected chi connectivity index (χ0v) is 25.3. The highest BCUT2D eigenvalue weighted by Crippen LogP contribution is 2.89. The van der Waals surface area contributed by atoms with Gasteiger partial charge in [-0.1, -0.05) is 67.7 Å². The maximum Gasteiger partial charge on any atom is 0.311 e. The number of carbonyl (C=O) groups is 2. The molecule has 0 unspecified atom stereocenters. The maximum atomic E-state index is 12.8. The first kappa shape index (κ1) is 28.2. The predicted molar refractivity (Wildman–Crippen MR) is 151 cm³/mol. The van der Waals surface area contributed by atoms with Crippen LogP contribution in [-0.4, -0.2) is 17.0 Å². The molecular weight excluding hydrogens is 472 g/mol. The molecule has 0 bridgehead atoms. The number of carbonyl (C=O) groups excluding carboxylic acids is 1. The third kappa shape index (κ3) is 3.96. The molecule has 8 atom stereocenters. The molecule has 1 N–H and O–H groups in total. The first-order valence-electron chi connectivity index (χ1n) is 15.9. The van der Waals surface area contributed by atoms with Gasteiger partial charge in [-0.2, -0.15) is 0 Å². The average molecular weight is 527 g/mol. The van der Waals surface area contributed by atoms with E-state index in [0.717, 1.165) is 36.4 Å². The summed E-state index contributed by atoms with van der Waals surface area (Å²) < 4.78 is 6.14. The third-order valence-electron chi connectivity index (χ3n) is 13.4. The summed E-state index contributed by atoms with van der Waals surface area (Å²) in [6.07, 6.45) is 16.0. The van der Waals surface area contributed by atoms with Gasteiger partial charge < -0.3 is 9.84 Å². The Morgan fingerprint density at radius 3 is 2.34 bits per heavy atom. The van der Waals surface area contributed by atoms with Gasteiger partial charge in [0.2, 0.25) is 0 Å². The summed E-state index contributed by atoms with van der Waals surface area (Å²) >= 11 is 0. The summed E-state index contributed by atoms with van der Waals surface area (Å²) in [5, 5.41) is 9.09. The van der Waals surface area contributed by atoms with Gasteiger partial charge in [0.25, 0.3) is 0 Å². The van der Waals surface area contributed by atoms with Crippen molar-refractivity contribution in [2.75, 3.05) is 0 Å². The van der Waals surface area contributed by atoms with Crippen molar-refractivity contribution >= 4 is 11.9 Å². The molecule has 38 heavy (non-hydrogen) atoms. The second-order valence-electron chi connectivity index (χ2n) is 15.9. The van der Waals surface area contributed by atoms with Gasteiger partial charge in [0.15, 0.2) is 0 Å². The molecule has 0 saturated heterocycles. The molecule has 0 heterocycles. The Labute approximate surface area is 231 Å². The number of hydrogen-bond donors (Lipinski definition) is 1. The number of hydrogen-bond acceptors (Lipinski definition) is 3. The van der Waals surface area contributed by atoms with E-state index in [-0.39, 0.29) is 35.1 Å². The van der Waals surface area contributed by atoms with Gasteiger partial charge in [-0.25, -0.2) is 0 Å². The van der Waals surface area contributed by atoms with Crippen LogP contribution in [0.3, 0.4) is 0 Å². The zero-order chi connectivity index (χ0) is 27.7. The van der Waals surface area contributed by atoms with Gasteiger partial charge in [-0.3, -0.25) is 9.59 Å². The fraction of sp³-hybridized carbons (Fsp3) is 0.882. The van der Waals surface area contributed by atoms with Gasteiger partial charge in [0.05, 0.1) is 12.8 Å². The Kier molecular flexibility index (Phi) is 6.96. The number of carboxylic acid groups (broad SMARTS) is 1. The molecule has 0 aromatic heterocycles. The van der Waals surface area contributed by atoms with Crippen LogP contribution >= 0.6 is 0 Å². The lowest BCUT2D eigenvalue weighted by Crippen LogP contribution is -2.56. The van der Waals surface area contributed by atoms with E-state index in [9.17, 15) is 9.59 Å². The second-order valence-corrected chi connectivity index (χ2v) is 15.9. The normalized spacial score (nSPS) is 43.3. The molecule has 2 spiro atoms. The Hall–Kier alpha value is -1.32. The van der Waals surface area contributed by atoms with E-state index in [1.54, 1.807) is 0 Å². The number of ether oxygens (including phenoxy) is 1. The molecular formula is C34H54O4. The number of aliphatic carboxylic acids is 1. The smallest absolute Gasteiger partial charge is 0.311 e. The summed E-state index contributed by atoms with van der Waals surface area (Å²) in [6.45, 7) is 17.4. The van der Waals surface area contributed by atoms with Gasteiger partial charge in [-0.05, 0) is 109 Å². The third-order valence-corrected chi connectivity index (χ3v) is 13.4. The molecule has 0 radical (unpaired) electrons. The summed E-state index contributed by atoms with van der Waals surface area (Å²) in [5.41, 5.74) is 1.16. The Morgan fingerprint density at radius 2 is 1.66 bits per heavy atom. The van der Waals surface area contributed by atoms with Gasteiger partial charge in [0.1, 0.15) is 5.76 Å². The van der Waals surface area contributed by atoms with Gasteiger partial charge >= 0.3 is 11.9 Å². The number of allylic oxidation sites excluding steroid dienone is 2. The average Bonchev–Trinajstić information content (AvgIpc) is 3.43. The lowest BCUT2D eigenvalue weighted by atomic mass is 9.42. The Balaban J connectivity index is 1.41. The van der Waals surface area contributed by atoms with Crippen LogP contribution in [0.25, 0.3) is 0 Å². The summed E-state index contributed by atoms with van der Waals surface area (Å²) in [6, 6.07) is 0. The molecule has 0 aromatic carbocycles. The molecule has 5 rings (SSSR count). The minimum atomic E-state index is -0.939. The van der Waals surface area contributed by atoms with Crippen LogP contribution in [0.15, 0.2) is 11.8 Å². The van der Waals surface area contributed by atoms with Crippen molar-refractivity contribution in [2.24, 2.45) is 56.7 Å². The largest absolute Gasteiger partial charge is 0.481 e. The Bertz CT molecular complexity index is 994. The monoisotopic (exact) mass is 526 g/mol. The number of esters is 1. The Morgan fingerprint density at radius 1 is 0.947 bits per heavy atom. The van der Waals surface area contributed by atoms with Crippen molar-refractivity contribution in [3.8, 4) is 0 Å². The highest BCUT2D eigenvalue weighted by atomic mass is 16.5. The quantitative estimate of drug-likeness (QED) is 0.305. The zero-order valence-electron chi connectivity index (χ0n) is 25.3. The van der Waals surface area contributed by atoms with E-state index in [1.165, 1.54) is 57.8 Å². The van der Waals surface area contributed by atoms with Crippen LogP contribution < -0.4 is 0 Å². The van der Waals surface area contributed by atoms with Crippen LogP contribution in [-0.2, 0) is 14.3 Å². The molecule has 4 heteroatoms. The molecule has 214 valence electrons. The highest BCUT2D eigenvalue weighted by molar-refractivity contribution is 5.77. The topological polar surface area (TPSA) is 63.6 Å². The highest BCUT2D eigenvalue weighted by Gasteiger charge is 2.83. The van der Waals surface area contributed by atoms with Crippen molar-refractivity contribution in [1.29, 1.82) is 0 Å². The van der Waals surface area contributed by atoms with E-state index in [2.05, 4.69) is 54.5 Å². The van der Waals surface area contributed by atoms with Crippen molar-refractivity contribution in [2.45, 2.75) is 132 Å². The first-order chi connectivity index (χ1) is 17.7. The molecule has 4 fully saturated rings. The fourth-order valence-corrected chi connectivity index (χ4v) is 11.4. The summed E-state index contributed by atoms with van der Waals surface area (Å²) in [7, 11) is 0. The first-order valence-corrected chi connectivity index (χ1v) is 15.9. The fourth-order valence-electron chi connectivity index (χ4n) is 11.4. The van der Waals surface area contributed by atoms with Crippen LogP contribution in [0.5, 0.6) is 0 Å². The second kappa shape index (κ2) is 9.37. The molecule has 4 nitrogen and oxygen atoms in total. The molecule has 0 aliphatic heterocycles.